The number of halogens is 1. The Morgan fingerprint density at radius 3 is 2.48 bits per heavy atom. The summed E-state index contributed by atoms with van der Waals surface area (Å²) in [6.45, 7) is 3.71. The van der Waals surface area contributed by atoms with E-state index in [9.17, 15) is 9.59 Å². The molecule has 1 unspecified atom stereocenters. The normalized spacial score (nSPS) is 11.7. The lowest BCUT2D eigenvalue weighted by atomic mass is 10.1. The van der Waals surface area contributed by atoms with Gasteiger partial charge in [0.2, 0.25) is 0 Å². The first-order chi connectivity index (χ1) is 13.0. The first kappa shape index (κ1) is 18.8. The summed E-state index contributed by atoms with van der Waals surface area (Å²) in [5, 5.41) is 12.6. The Hall–Kier alpha value is -2.93. The second kappa shape index (κ2) is 8.18. The number of hydrogen-bond acceptors (Lipinski definition) is 3. The Kier molecular flexibility index (Phi) is 5.71. The van der Waals surface area contributed by atoms with Crippen molar-refractivity contribution < 1.29 is 9.59 Å². The van der Waals surface area contributed by atoms with E-state index in [0.717, 1.165) is 11.3 Å². The lowest BCUT2D eigenvalue weighted by molar-refractivity contribution is 0.0933. The lowest BCUT2D eigenvalue weighted by Crippen LogP contribution is -2.27. The standard InChI is InChI=1S/C20H19BrN4O2/c1-12(22-20(27)18-17(21)13(2)24-25-18)15-9-6-10-16(11-15)23-19(26)14-7-4-3-5-8-14/h3-12H,1-2H3,(H,22,27)(H,23,26)(H,24,25). The molecule has 7 heteroatoms. The Bertz CT molecular complexity index is 969. The minimum Gasteiger partial charge on any atom is -0.344 e. The summed E-state index contributed by atoms with van der Waals surface area (Å²) in [7, 11) is 0. The Labute approximate surface area is 165 Å². The summed E-state index contributed by atoms with van der Waals surface area (Å²) in [5.41, 5.74) is 3.23. The average Bonchev–Trinajstić information content (AvgIpc) is 3.01. The molecule has 27 heavy (non-hydrogen) atoms. The third kappa shape index (κ3) is 4.43. The van der Waals surface area contributed by atoms with Gasteiger partial charge in [-0.1, -0.05) is 30.3 Å². The van der Waals surface area contributed by atoms with Crippen molar-refractivity contribution in [3.05, 3.63) is 81.6 Å². The van der Waals surface area contributed by atoms with Gasteiger partial charge in [0.05, 0.1) is 10.5 Å². The third-order valence-electron chi connectivity index (χ3n) is 4.12. The van der Waals surface area contributed by atoms with Crippen LogP contribution in [0.15, 0.2) is 59.1 Å². The zero-order chi connectivity index (χ0) is 19.4. The van der Waals surface area contributed by atoms with E-state index in [1.165, 1.54) is 0 Å². The van der Waals surface area contributed by atoms with Crippen molar-refractivity contribution in [2.75, 3.05) is 5.32 Å². The number of nitrogens with zero attached hydrogens (tertiary/aromatic N) is 1. The number of benzene rings is 2. The summed E-state index contributed by atoms with van der Waals surface area (Å²) in [6.07, 6.45) is 0. The van der Waals surface area contributed by atoms with Crippen LogP contribution in [-0.2, 0) is 0 Å². The zero-order valence-corrected chi connectivity index (χ0v) is 16.5. The van der Waals surface area contributed by atoms with Crippen LogP contribution in [0, 0.1) is 6.92 Å². The highest BCUT2D eigenvalue weighted by Crippen LogP contribution is 2.21. The second-order valence-electron chi connectivity index (χ2n) is 6.15. The minimum atomic E-state index is -0.280. The van der Waals surface area contributed by atoms with E-state index in [0.29, 0.717) is 21.4 Å². The molecule has 0 spiro atoms. The summed E-state index contributed by atoms with van der Waals surface area (Å²) < 4.78 is 0.649. The number of aromatic nitrogens is 2. The van der Waals surface area contributed by atoms with Gasteiger partial charge in [-0.05, 0) is 59.6 Å². The number of H-pyrrole nitrogens is 1. The van der Waals surface area contributed by atoms with E-state index in [2.05, 4.69) is 36.8 Å². The quantitative estimate of drug-likeness (QED) is 0.570. The van der Waals surface area contributed by atoms with Crippen molar-refractivity contribution in [1.82, 2.24) is 15.5 Å². The van der Waals surface area contributed by atoms with Crippen LogP contribution in [0.4, 0.5) is 5.69 Å². The van der Waals surface area contributed by atoms with E-state index in [4.69, 9.17) is 0 Å². The number of hydrogen-bond donors (Lipinski definition) is 3. The highest BCUT2D eigenvalue weighted by atomic mass is 79.9. The van der Waals surface area contributed by atoms with Gasteiger partial charge in [-0.15, -0.1) is 0 Å². The summed E-state index contributed by atoms with van der Waals surface area (Å²) in [5.74, 6) is -0.460. The molecule has 0 bridgehead atoms. The molecule has 6 nitrogen and oxygen atoms in total. The molecule has 0 saturated carbocycles. The topological polar surface area (TPSA) is 86.9 Å². The SMILES string of the molecule is Cc1[nH]nc(C(=O)NC(C)c2cccc(NC(=O)c3ccccc3)c2)c1Br. The van der Waals surface area contributed by atoms with Gasteiger partial charge in [0.1, 0.15) is 0 Å². The molecule has 138 valence electrons. The Morgan fingerprint density at radius 2 is 1.81 bits per heavy atom. The van der Waals surface area contributed by atoms with Gasteiger partial charge in [0.15, 0.2) is 5.69 Å². The van der Waals surface area contributed by atoms with Crippen LogP contribution in [0.5, 0.6) is 0 Å². The van der Waals surface area contributed by atoms with Crippen molar-refractivity contribution in [2.45, 2.75) is 19.9 Å². The molecule has 1 heterocycles. The summed E-state index contributed by atoms with van der Waals surface area (Å²) >= 11 is 3.36. The monoisotopic (exact) mass is 426 g/mol. The van der Waals surface area contributed by atoms with Crippen molar-refractivity contribution >= 4 is 33.4 Å². The molecular weight excluding hydrogens is 408 g/mol. The average molecular weight is 427 g/mol. The summed E-state index contributed by atoms with van der Waals surface area (Å²) in [4.78, 5) is 24.7. The van der Waals surface area contributed by atoms with Crippen LogP contribution in [0.1, 0.15) is 45.1 Å². The zero-order valence-electron chi connectivity index (χ0n) is 14.9. The Morgan fingerprint density at radius 1 is 1.07 bits per heavy atom. The number of carbonyl (C=O) groups excluding carboxylic acids is 2. The highest BCUT2D eigenvalue weighted by Gasteiger charge is 2.18. The van der Waals surface area contributed by atoms with E-state index in [1.54, 1.807) is 12.1 Å². The van der Waals surface area contributed by atoms with Gasteiger partial charge >= 0.3 is 0 Å². The molecule has 3 rings (SSSR count). The molecule has 0 radical (unpaired) electrons. The molecule has 0 aliphatic heterocycles. The molecule has 3 N–H and O–H groups in total. The second-order valence-corrected chi connectivity index (χ2v) is 6.94. The molecule has 1 aromatic heterocycles. The van der Waals surface area contributed by atoms with E-state index < -0.39 is 0 Å². The van der Waals surface area contributed by atoms with Crippen molar-refractivity contribution in [3.63, 3.8) is 0 Å². The van der Waals surface area contributed by atoms with E-state index in [1.807, 2.05) is 56.3 Å². The lowest BCUT2D eigenvalue weighted by Gasteiger charge is -2.15. The number of carbonyl (C=O) groups is 2. The predicted octanol–water partition coefficient (Wildman–Crippen LogP) is 4.22. The first-order valence-electron chi connectivity index (χ1n) is 8.43. The molecule has 2 aromatic carbocycles. The van der Waals surface area contributed by atoms with Crippen LogP contribution in [0.3, 0.4) is 0 Å². The van der Waals surface area contributed by atoms with Gasteiger partial charge in [0.25, 0.3) is 11.8 Å². The molecule has 0 fully saturated rings. The van der Waals surface area contributed by atoms with E-state index in [-0.39, 0.29) is 17.9 Å². The fourth-order valence-corrected chi connectivity index (χ4v) is 2.95. The summed E-state index contributed by atoms with van der Waals surface area (Å²) in [6, 6.07) is 16.1. The Balaban J connectivity index is 1.70. The van der Waals surface area contributed by atoms with Crippen molar-refractivity contribution in [2.24, 2.45) is 0 Å². The van der Waals surface area contributed by atoms with Crippen molar-refractivity contribution in [1.29, 1.82) is 0 Å². The van der Waals surface area contributed by atoms with E-state index >= 15 is 0 Å². The van der Waals surface area contributed by atoms with Crippen LogP contribution >= 0.6 is 15.9 Å². The molecule has 0 aliphatic carbocycles. The molecule has 3 aromatic rings. The van der Waals surface area contributed by atoms with Crippen LogP contribution < -0.4 is 10.6 Å². The minimum absolute atomic E-state index is 0.180. The molecule has 2 amide bonds. The fraction of sp³-hybridized carbons (Fsp3) is 0.150. The van der Waals surface area contributed by atoms with Crippen LogP contribution in [-0.4, -0.2) is 22.0 Å². The molecule has 0 saturated heterocycles. The van der Waals surface area contributed by atoms with Crippen LogP contribution in [0.25, 0.3) is 0 Å². The number of aryl methyl sites for hydroxylation is 1. The van der Waals surface area contributed by atoms with Crippen LogP contribution in [0.2, 0.25) is 0 Å². The van der Waals surface area contributed by atoms with Gasteiger partial charge in [-0.3, -0.25) is 14.7 Å². The number of rotatable bonds is 5. The fourth-order valence-electron chi connectivity index (χ4n) is 2.59. The number of aromatic amines is 1. The predicted molar refractivity (Wildman–Crippen MR) is 108 cm³/mol. The first-order valence-corrected chi connectivity index (χ1v) is 9.22. The number of amides is 2. The maximum Gasteiger partial charge on any atom is 0.273 e. The van der Waals surface area contributed by atoms with Gasteiger partial charge < -0.3 is 10.6 Å². The highest BCUT2D eigenvalue weighted by molar-refractivity contribution is 9.10. The maximum absolute atomic E-state index is 12.4. The largest absolute Gasteiger partial charge is 0.344 e. The maximum atomic E-state index is 12.4. The number of anilines is 1. The van der Waals surface area contributed by atoms with Gasteiger partial charge in [-0.2, -0.15) is 5.10 Å². The molecule has 1 atom stereocenters. The van der Waals surface area contributed by atoms with Gasteiger partial charge in [-0.25, -0.2) is 0 Å². The third-order valence-corrected chi connectivity index (χ3v) is 5.09. The van der Waals surface area contributed by atoms with Crippen molar-refractivity contribution in [3.8, 4) is 0 Å². The smallest absolute Gasteiger partial charge is 0.273 e. The number of nitrogens with one attached hydrogen (secondary N) is 3. The molecule has 0 aliphatic rings. The van der Waals surface area contributed by atoms with Gasteiger partial charge in [0, 0.05) is 16.9 Å². The molecular formula is C20H19BrN4O2.